The SMILES string of the molecule is N#CN1CCC(Cl)C1C(=O)N(c1ccc(S(F)(F)(F)(F)F)cc1)C(C=O)c1cncc(F)c1. The molecular weight excluding hydrogens is 498 g/mol. The van der Waals surface area contributed by atoms with Gasteiger partial charge in [0.15, 0.2) is 6.19 Å². The van der Waals surface area contributed by atoms with Gasteiger partial charge in [-0.15, -0.1) is 11.6 Å². The number of aldehydes is 1. The Labute approximate surface area is 189 Å². The molecule has 14 heteroatoms. The second-order valence-corrected chi connectivity index (χ2v) is 10.2. The van der Waals surface area contributed by atoms with Gasteiger partial charge in [-0.05, 0) is 36.8 Å². The number of hydrogen-bond acceptors (Lipinski definition) is 5. The van der Waals surface area contributed by atoms with Crippen LogP contribution in [0.1, 0.15) is 18.0 Å². The third kappa shape index (κ3) is 5.17. The molecule has 0 aliphatic carbocycles. The molecule has 1 aromatic carbocycles. The average Bonchev–Trinajstić information content (AvgIpc) is 3.10. The second kappa shape index (κ2) is 7.81. The van der Waals surface area contributed by atoms with Crippen LogP contribution in [0.5, 0.6) is 0 Å². The van der Waals surface area contributed by atoms with Crippen LogP contribution >= 0.6 is 21.8 Å². The van der Waals surface area contributed by atoms with E-state index in [0.717, 1.165) is 23.4 Å². The van der Waals surface area contributed by atoms with Crippen LogP contribution in [-0.2, 0) is 9.59 Å². The van der Waals surface area contributed by atoms with Gasteiger partial charge in [-0.1, -0.05) is 19.4 Å². The maximum Gasteiger partial charge on any atom is 0.310 e. The Bertz CT molecular complexity index is 1130. The normalized spacial score (nSPS) is 21.5. The molecule has 0 radical (unpaired) electrons. The topological polar surface area (TPSA) is 77.3 Å². The first kappa shape index (κ1) is 24.7. The highest BCUT2D eigenvalue weighted by Gasteiger charge is 2.65. The molecule has 0 saturated carbocycles. The Hall–Kier alpha value is -2.98. The van der Waals surface area contributed by atoms with Gasteiger partial charge in [0, 0.05) is 24.0 Å². The van der Waals surface area contributed by atoms with Gasteiger partial charge in [-0.3, -0.25) is 19.6 Å². The van der Waals surface area contributed by atoms with Crippen molar-refractivity contribution in [2.45, 2.75) is 28.8 Å². The number of anilines is 1. The van der Waals surface area contributed by atoms with Gasteiger partial charge < -0.3 is 4.79 Å². The Balaban J connectivity index is 2.14. The zero-order valence-corrected chi connectivity index (χ0v) is 18.0. The van der Waals surface area contributed by atoms with Gasteiger partial charge in [0.1, 0.15) is 29.1 Å². The Morgan fingerprint density at radius 1 is 1.24 bits per heavy atom. The van der Waals surface area contributed by atoms with Crippen LogP contribution in [0.4, 0.5) is 29.5 Å². The van der Waals surface area contributed by atoms with Crippen molar-refractivity contribution in [3.05, 3.63) is 54.1 Å². The predicted molar refractivity (Wildman–Crippen MR) is 109 cm³/mol. The molecule has 0 N–H and O–H groups in total. The summed E-state index contributed by atoms with van der Waals surface area (Å²) in [5.74, 6) is -1.83. The highest BCUT2D eigenvalue weighted by Crippen LogP contribution is 3.02. The van der Waals surface area contributed by atoms with E-state index in [1.54, 1.807) is 6.19 Å². The van der Waals surface area contributed by atoms with Crippen molar-refractivity contribution in [2.75, 3.05) is 11.4 Å². The number of carbonyl (C=O) groups is 2. The molecule has 1 aromatic heterocycles. The molecule has 1 aliphatic rings. The van der Waals surface area contributed by atoms with Gasteiger partial charge in [0.05, 0.1) is 11.6 Å². The number of amides is 1. The maximum atomic E-state index is 13.7. The Kier molecular flexibility index (Phi) is 5.83. The van der Waals surface area contributed by atoms with E-state index in [1.807, 2.05) is 0 Å². The number of nitriles is 1. The number of aromatic nitrogens is 1. The van der Waals surface area contributed by atoms with E-state index in [2.05, 4.69) is 4.98 Å². The van der Waals surface area contributed by atoms with E-state index in [1.165, 1.54) is 0 Å². The summed E-state index contributed by atoms with van der Waals surface area (Å²) in [4.78, 5) is 28.5. The zero-order valence-electron chi connectivity index (χ0n) is 16.4. The fourth-order valence-corrected chi connectivity index (χ4v) is 4.46. The van der Waals surface area contributed by atoms with Crippen LogP contribution in [0, 0.1) is 17.3 Å². The quantitative estimate of drug-likeness (QED) is 0.227. The van der Waals surface area contributed by atoms with Gasteiger partial charge in [-0.25, -0.2) is 4.39 Å². The number of likely N-dealkylation sites (tertiary alicyclic amines) is 1. The highest BCUT2D eigenvalue weighted by atomic mass is 35.5. The summed E-state index contributed by atoms with van der Waals surface area (Å²) in [6.07, 6.45) is 4.08. The first-order valence-electron chi connectivity index (χ1n) is 9.19. The standard InChI is InChI=1S/C19H15ClF6N4O2S/c20-16-5-6-29(11-27)18(16)19(32)30(17(10-31)12-7-13(21)9-28-8-12)14-1-3-15(4-2-14)33(22,23,24,25)26/h1-4,7-10,16-18H,5-6H2. The molecule has 3 unspecified atom stereocenters. The van der Waals surface area contributed by atoms with Gasteiger partial charge in [0.2, 0.25) is 0 Å². The molecule has 1 saturated heterocycles. The van der Waals surface area contributed by atoms with Crippen LogP contribution in [-0.4, -0.2) is 40.0 Å². The summed E-state index contributed by atoms with van der Waals surface area (Å²) >= 11 is 6.17. The van der Waals surface area contributed by atoms with Gasteiger partial charge in [0.25, 0.3) is 5.91 Å². The summed E-state index contributed by atoms with van der Waals surface area (Å²) in [7, 11) is -10.00. The van der Waals surface area contributed by atoms with Crippen LogP contribution in [0.15, 0.2) is 47.6 Å². The van der Waals surface area contributed by atoms with Crippen LogP contribution in [0.2, 0.25) is 0 Å². The molecule has 2 heterocycles. The minimum Gasteiger partial charge on any atom is -0.301 e. The molecule has 6 nitrogen and oxygen atoms in total. The molecule has 1 aliphatic heterocycles. The van der Waals surface area contributed by atoms with Crippen molar-refractivity contribution >= 4 is 39.7 Å². The molecular formula is C19H15ClF6N4O2S. The van der Waals surface area contributed by atoms with Gasteiger partial charge >= 0.3 is 10.2 Å². The predicted octanol–water partition coefficient (Wildman–Crippen LogP) is 5.31. The number of nitrogens with zero attached hydrogens (tertiary/aromatic N) is 4. The molecule has 33 heavy (non-hydrogen) atoms. The van der Waals surface area contributed by atoms with Crippen molar-refractivity contribution in [1.29, 1.82) is 5.26 Å². The number of rotatable bonds is 6. The van der Waals surface area contributed by atoms with Crippen LogP contribution in [0.3, 0.4) is 0 Å². The van der Waals surface area contributed by atoms with Crippen molar-refractivity contribution in [3.8, 4) is 6.19 Å². The van der Waals surface area contributed by atoms with E-state index in [9.17, 15) is 38.7 Å². The minimum absolute atomic E-state index is 0.0811. The molecule has 3 rings (SSSR count). The average molecular weight is 513 g/mol. The van der Waals surface area contributed by atoms with Crippen molar-refractivity contribution in [3.63, 3.8) is 0 Å². The molecule has 0 spiro atoms. The molecule has 0 bridgehead atoms. The van der Waals surface area contributed by atoms with Crippen molar-refractivity contribution in [1.82, 2.24) is 9.88 Å². The maximum absolute atomic E-state index is 13.7. The largest absolute Gasteiger partial charge is 0.310 e. The summed E-state index contributed by atoms with van der Waals surface area (Å²) in [6, 6.07) is -0.681. The van der Waals surface area contributed by atoms with Crippen molar-refractivity contribution < 1.29 is 33.4 Å². The lowest BCUT2D eigenvalue weighted by molar-refractivity contribution is -0.124. The summed E-state index contributed by atoms with van der Waals surface area (Å²) < 4.78 is 79.3. The number of halogens is 7. The molecule has 1 fully saturated rings. The lowest BCUT2D eigenvalue weighted by atomic mass is 10.0. The second-order valence-electron chi connectivity index (χ2n) is 7.23. The third-order valence-electron chi connectivity index (χ3n) is 4.98. The fourth-order valence-electron chi connectivity index (χ4n) is 3.46. The fraction of sp³-hybridized carbons (Fsp3) is 0.263. The summed E-state index contributed by atoms with van der Waals surface area (Å²) in [5, 5.41) is 8.41. The lowest BCUT2D eigenvalue weighted by Gasteiger charge is -2.40. The number of alkyl halides is 1. The Morgan fingerprint density at radius 2 is 1.88 bits per heavy atom. The molecule has 2 aromatic rings. The van der Waals surface area contributed by atoms with E-state index < -0.39 is 44.3 Å². The van der Waals surface area contributed by atoms with E-state index in [-0.39, 0.29) is 42.6 Å². The third-order valence-corrected chi connectivity index (χ3v) is 6.60. The number of pyridine rings is 1. The molecule has 1 amide bonds. The summed E-state index contributed by atoms with van der Waals surface area (Å²) in [6.45, 7) is 0.103. The zero-order chi connectivity index (χ0) is 24.7. The van der Waals surface area contributed by atoms with Crippen LogP contribution < -0.4 is 4.90 Å². The first-order valence-corrected chi connectivity index (χ1v) is 11.6. The highest BCUT2D eigenvalue weighted by molar-refractivity contribution is 8.45. The smallest absolute Gasteiger partial charge is 0.301 e. The monoisotopic (exact) mass is 512 g/mol. The first-order chi connectivity index (χ1) is 15.2. The minimum atomic E-state index is -10.00. The van der Waals surface area contributed by atoms with Crippen molar-refractivity contribution in [2.24, 2.45) is 0 Å². The molecule has 3 atom stereocenters. The van der Waals surface area contributed by atoms with E-state index in [0.29, 0.717) is 17.0 Å². The van der Waals surface area contributed by atoms with Gasteiger partial charge in [-0.2, -0.15) is 5.26 Å². The number of benzene rings is 1. The number of carbonyl (C=O) groups excluding carboxylic acids is 2. The number of hydrogen-bond donors (Lipinski definition) is 0. The van der Waals surface area contributed by atoms with E-state index in [4.69, 9.17) is 11.6 Å². The van der Waals surface area contributed by atoms with E-state index >= 15 is 0 Å². The summed E-state index contributed by atoms with van der Waals surface area (Å²) in [5.41, 5.74) is -0.511. The Morgan fingerprint density at radius 3 is 2.39 bits per heavy atom. The molecule has 178 valence electrons. The lowest BCUT2D eigenvalue weighted by Crippen LogP contribution is -2.49. The van der Waals surface area contributed by atoms with Crippen LogP contribution in [0.25, 0.3) is 0 Å².